The normalized spacial score (nSPS) is 11.6. The Morgan fingerprint density at radius 3 is 2.12 bits per heavy atom. The van der Waals surface area contributed by atoms with E-state index in [-0.39, 0.29) is 27.5 Å². The van der Waals surface area contributed by atoms with E-state index in [2.05, 4.69) is 0 Å². The highest BCUT2D eigenvalue weighted by Gasteiger charge is 2.26. The molecule has 0 radical (unpaired) electrons. The number of hydrogen-bond acceptors (Lipinski definition) is 3. The number of carbonyl (C=O) groups excluding carboxylic acids is 1. The molecule has 0 heterocycles. The Hall–Kier alpha value is -1.22. The number of carbonyl (C=O) groups is 1. The van der Waals surface area contributed by atoms with Crippen molar-refractivity contribution in [2.75, 3.05) is 0 Å². The van der Waals surface area contributed by atoms with Crippen LogP contribution in [0.4, 0.5) is 0 Å². The largest absolute Gasteiger partial charge is 0.507 e. The van der Waals surface area contributed by atoms with Gasteiger partial charge >= 0.3 is 0 Å². The smallest absolute Gasteiger partial charge is 0.167 e. The Balaban J connectivity index is 3.64. The number of rotatable bonds is 1. The van der Waals surface area contributed by atoms with Crippen molar-refractivity contribution >= 4 is 17.4 Å². The molecule has 0 bridgehead atoms. The average Bonchev–Trinajstić information content (AvgIpc) is 2.09. The summed E-state index contributed by atoms with van der Waals surface area (Å²) in [6.45, 7) is 6.94. The van der Waals surface area contributed by atoms with E-state index >= 15 is 0 Å². The second-order valence-corrected chi connectivity index (χ2v) is 5.19. The molecule has 1 aromatic rings. The number of aromatic hydroxyl groups is 2. The summed E-state index contributed by atoms with van der Waals surface area (Å²) in [5.74, 6) is -0.968. The Bertz CT molecular complexity index is 445. The third-order valence-electron chi connectivity index (χ3n) is 2.39. The monoisotopic (exact) mass is 242 g/mol. The van der Waals surface area contributed by atoms with Gasteiger partial charge in [-0.1, -0.05) is 32.4 Å². The first-order valence-corrected chi connectivity index (χ1v) is 5.30. The standard InChI is InChI=1S/C12H15ClO3/c1-6(14)9-10(15)7(12(2,3)4)5-8(13)11(9)16/h5,15-16H,1-4H3. The lowest BCUT2D eigenvalue weighted by Crippen LogP contribution is -2.13. The molecule has 0 spiro atoms. The van der Waals surface area contributed by atoms with Gasteiger partial charge in [0.05, 0.1) is 5.02 Å². The molecular formula is C12H15ClO3. The number of hydrogen-bond donors (Lipinski definition) is 2. The number of Topliss-reactive ketones (excluding diaryl/α,β-unsaturated/α-hetero) is 1. The van der Waals surface area contributed by atoms with Crippen LogP contribution in [0.5, 0.6) is 11.5 Å². The van der Waals surface area contributed by atoms with Crippen molar-refractivity contribution in [2.45, 2.75) is 33.1 Å². The van der Waals surface area contributed by atoms with E-state index in [1.165, 1.54) is 13.0 Å². The van der Waals surface area contributed by atoms with E-state index in [9.17, 15) is 15.0 Å². The van der Waals surface area contributed by atoms with E-state index < -0.39 is 5.78 Å². The summed E-state index contributed by atoms with van der Waals surface area (Å²) < 4.78 is 0. The van der Waals surface area contributed by atoms with E-state index in [0.29, 0.717) is 5.56 Å². The maximum absolute atomic E-state index is 11.3. The summed E-state index contributed by atoms with van der Waals surface area (Å²) in [4.78, 5) is 11.3. The number of ketones is 1. The van der Waals surface area contributed by atoms with Crippen LogP contribution in [0.15, 0.2) is 6.07 Å². The van der Waals surface area contributed by atoms with E-state index in [0.717, 1.165) is 0 Å². The quantitative estimate of drug-likeness (QED) is 0.744. The molecule has 2 N–H and O–H groups in total. The van der Waals surface area contributed by atoms with E-state index in [1.807, 2.05) is 20.8 Å². The lowest BCUT2D eigenvalue weighted by atomic mass is 9.84. The van der Waals surface area contributed by atoms with Gasteiger partial charge in [-0.05, 0) is 18.4 Å². The molecule has 1 aromatic carbocycles. The summed E-state index contributed by atoms with van der Waals surface area (Å²) in [5, 5.41) is 19.7. The molecule has 88 valence electrons. The molecule has 1 rings (SSSR count). The first-order chi connectivity index (χ1) is 7.16. The zero-order valence-corrected chi connectivity index (χ0v) is 10.5. The fourth-order valence-corrected chi connectivity index (χ4v) is 1.74. The van der Waals surface area contributed by atoms with Crippen molar-refractivity contribution in [1.82, 2.24) is 0 Å². The predicted molar refractivity (Wildman–Crippen MR) is 63.5 cm³/mol. The van der Waals surface area contributed by atoms with Crippen LogP contribution in [0, 0.1) is 0 Å². The molecule has 0 aliphatic carbocycles. The maximum Gasteiger partial charge on any atom is 0.167 e. The fraction of sp³-hybridized carbons (Fsp3) is 0.417. The van der Waals surface area contributed by atoms with Gasteiger partial charge in [-0.25, -0.2) is 0 Å². The Labute approximate surface area is 99.7 Å². The first kappa shape index (κ1) is 12.8. The molecule has 0 aromatic heterocycles. The van der Waals surface area contributed by atoms with Crippen molar-refractivity contribution in [2.24, 2.45) is 0 Å². The molecule has 0 saturated carbocycles. The van der Waals surface area contributed by atoms with Crippen LogP contribution >= 0.6 is 11.6 Å². The molecule has 0 aliphatic heterocycles. The fourth-order valence-electron chi connectivity index (χ4n) is 1.53. The predicted octanol–water partition coefficient (Wildman–Crippen LogP) is 3.25. The van der Waals surface area contributed by atoms with Gasteiger partial charge < -0.3 is 10.2 Å². The lowest BCUT2D eigenvalue weighted by Gasteiger charge is -2.22. The topological polar surface area (TPSA) is 57.5 Å². The Morgan fingerprint density at radius 1 is 1.25 bits per heavy atom. The summed E-state index contributed by atoms with van der Waals surface area (Å²) in [6, 6.07) is 1.48. The summed E-state index contributed by atoms with van der Waals surface area (Å²) in [5.41, 5.74) is 0.0731. The molecule has 0 unspecified atom stereocenters. The highest BCUT2D eigenvalue weighted by Crippen LogP contribution is 2.42. The van der Waals surface area contributed by atoms with Gasteiger partial charge in [-0.2, -0.15) is 0 Å². The first-order valence-electron chi connectivity index (χ1n) is 4.92. The van der Waals surface area contributed by atoms with Crippen molar-refractivity contribution < 1.29 is 15.0 Å². The molecule has 3 nitrogen and oxygen atoms in total. The van der Waals surface area contributed by atoms with Gasteiger partial charge in [0.25, 0.3) is 0 Å². The molecule has 0 aliphatic rings. The third kappa shape index (κ3) is 2.14. The van der Waals surface area contributed by atoms with Crippen LogP contribution in [0.3, 0.4) is 0 Å². The molecule has 16 heavy (non-hydrogen) atoms. The molecule has 4 heteroatoms. The minimum Gasteiger partial charge on any atom is -0.507 e. The lowest BCUT2D eigenvalue weighted by molar-refractivity contribution is 0.101. The SMILES string of the molecule is CC(=O)c1c(O)c(Cl)cc(C(C)(C)C)c1O. The van der Waals surface area contributed by atoms with E-state index in [1.54, 1.807) is 0 Å². The van der Waals surface area contributed by atoms with Crippen molar-refractivity contribution in [3.63, 3.8) is 0 Å². The summed E-state index contributed by atoms with van der Waals surface area (Å²) in [6.07, 6.45) is 0. The van der Waals surface area contributed by atoms with Crippen LogP contribution in [0.25, 0.3) is 0 Å². The van der Waals surface area contributed by atoms with Crippen LogP contribution < -0.4 is 0 Å². The van der Waals surface area contributed by atoms with Crippen LogP contribution in [-0.4, -0.2) is 16.0 Å². The highest BCUT2D eigenvalue weighted by molar-refractivity contribution is 6.33. The van der Waals surface area contributed by atoms with Gasteiger partial charge in [-0.15, -0.1) is 0 Å². The number of phenols is 2. The molecule has 0 amide bonds. The minimum atomic E-state index is -0.414. The van der Waals surface area contributed by atoms with Crippen molar-refractivity contribution in [1.29, 1.82) is 0 Å². The van der Waals surface area contributed by atoms with Crippen LogP contribution in [0.1, 0.15) is 43.6 Å². The Kier molecular flexibility index (Phi) is 3.20. The Morgan fingerprint density at radius 2 is 1.75 bits per heavy atom. The summed E-state index contributed by atoms with van der Waals surface area (Å²) in [7, 11) is 0. The van der Waals surface area contributed by atoms with E-state index in [4.69, 9.17) is 11.6 Å². The van der Waals surface area contributed by atoms with Gasteiger partial charge in [0.2, 0.25) is 0 Å². The maximum atomic E-state index is 11.3. The number of benzene rings is 1. The molecule has 0 atom stereocenters. The molecular weight excluding hydrogens is 228 g/mol. The van der Waals surface area contributed by atoms with Gasteiger partial charge in [0.1, 0.15) is 17.1 Å². The summed E-state index contributed by atoms with van der Waals surface area (Å²) >= 11 is 5.83. The van der Waals surface area contributed by atoms with Gasteiger partial charge in [0, 0.05) is 5.56 Å². The second kappa shape index (κ2) is 3.98. The second-order valence-electron chi connectivity index (χ2n) is 4.78. The average molecular weight is 243 g/mol. The van der Waals surface area contributed by atoms with Crippen LogP contribution in [0.2, 0.25) is 5.02 Å². The number of phenolic OH excluding ortho intramolecular Hbond substituents is 2. The molecule has 0 saturated heterocycles. The zero-order valence-electron chi connectivity index (χ0n) is 9.76. The van der Waals surface area contributed by atoms with Crippen molar-refractivity contribution in [3.05, 3.63) is 22.2 Å². The third-order valence-corrected chi connectivity index (χ3v) is 2.67. The highest BCUT2D eigenvalue weighted by atomic mass is 35.5. The van der Waals surface area contributed by atoms with Gasteiger partial charge in [0.15, 0.2) is 5.78 Å². The zero-order chi connectivity index (χ0) is 12.7. The van der Waals surface area contributed by atoms with Crippen LogP contribution in [-0.2, 0) is 5.41 Å². The number of halogens is 1. The van der Waals surface area contributed by atoms with Crippen molar-refractivity contribution in [3.8, 4) is 11.5 Å². The minimum absolute atomic E-state index is 0.0768. The molecule has 0 fully saturated rings. The van der Waals surface area contributed by atoms with Gasteiger partial charge in [-0.3, -0.25) is 4.79 Å².